The lowest BCUT2D eigenvalue weighted by Gasteiger charge is -2.48. The molecule has 2 heterocycles. The Morgan fingerprint density at radius 2 is 0.906 bits per heavy atom. The fourth-order valence-electron chi connectivity index (χ4n) is 9.84. The van der Waals surface area contributed by atoms with Gasteiger partial charge in [0.25, 0.3) is 11.8 Å². The topological polar surface area (TPSA) is 175 Å². The molecule has 0 aromatic heterocycles. The van der Waals surface area contributed by atoms with Gasteiger partial charge in [-0.3, -0.25) is 29.0 Å². The molecule has 4 amide bonds. The van der Waals surface area contributed by atoms with Gasteiger partial charge in [-0.15, -0.1) is 0 Å². The summed E-state index contributed by atoms with van der Waals surface area (Å²) in [6.45, 7) is 11.5. The molecule has 0 radical (unpaired) electrons. The minimum Gasteiger partial charge on any atom is -0.349 e. The van der Waals surface area contributed by atoms with Gasteiger partial charge in [0.05, 0.1) is 25.2 Å². The number of carbonyl (C=O) groups is 4. The van der Waals surface area contributed by atoms with E-state index in [2.05, 4.69) is 93.4 Å². The summed E-state index contributed by atoms with van der Waals surface area (Å²) in [7, 11) is 0. The summed E-state index contributed by atoms with van der Waals surface area (Å²) in [6, 6.07) is 33.3. The van der Waals surface area contributed by atoms with Crippen LogP contribution in [0.3, 0.4) is 0 Å². The Bertz CT molecular complexity index is 2250. The molecule has 8 rings (SSSR count). The number of amides is 4. The zero-order chi connectivity index (χ0) is 45.4. The third-order valence-corrected chi connectivity index (χ3v) is 13.9. The van der Waals surface area contributed by atoms with Crippen LogP contribution in [0.15, 0.2) is 97.1 Å². The van der Waals surface area contributed by atoms with Crippen molar-refractivity contribution < 1.29 is 19.2 Å². The number of rotatable bonds is 12. The van der Waals surface area contributed by atoms with Crippen LogP contribution in [-0.4, -0.2) is 96.9 Å². The molecule has 4 aromatic rings. The van der Waals surface area contributed by atoms with Crippen molar-refractivity contribution in [2.24, 2.45) is 11.5 Å². The first-order valence-electron chi connectivity index (χ1n) is 23.1. The third kappa shape index (κ3) is 12.0. The molecule has 4 aliphatic rings. The minimum absolute atomic E-state index is 0.00104. The zero-order valence-corrected chi connectivity index (χ0v) is 38.1. The molecule has 2 saturated heterocycles. The molecule has 2 saturated carbocycles. The summed E-state index contributed by atoms with van der Waals surface area (Å²) in [4.78, 5) is 53.8. The molecule has 0 bridgehead atoms. The van der Waals surface area contributed by atoms with Crippen LogP contribution in [0.4, 0.5) is 0 Å². The fourth-order valence-corrected chi connectivity index (χ4v) is 9.84. The smallest absolute Gasteiger partial charge is 0.251 e. The van der Waals surface area contributed by atoms with Gasteiger partial charge in [-0.1, -0.05) is 95.1 Å². The largest absolute Gasteiger partial charge is 0.349 e. The highest BCUT2D eigenvalue weighted by molar-refractivity contribution is 5.97. The van der Waals surface area contributed by atoms with Crippen molar-refractivity contribution in [3.63, 3.8) is 0 Å². The van der Waals surface area contributed by atoms with Crippen LogP contribution in [0.1, 0.15) is 105 Å². The summed E-state index contributed by atoms with van der Waals surface area (Å²) in [5.41, 5.74) is 21.2. The highest BCUT2D eigenvalue weighted by Crippen LogP contribution is 2.39. The van der Waals surface area contributed by atoms with Crippen molar-refractivity contribution in [2.75, 3.05) is 39.3 Å². The number of benzene rings is 4. The molecule has 0 spiro atoms. The van der Waals surface area contributed by atoms with Gasteiger partial charge >= 0.3 is 0 Å². The highest BCUT2D eigenvalue weighted by atomic mass is 16.2. The molecule has 64 heavy (non-hydrogen) atoms. The maximum absolute atomic E-state index is 12.2. The van der Waals surface area contributed by atoms with E-state index < -0.39 is 0 Å². The quantitative estimate of drug-likeness (QED) is 0.112. The van der Waals surface area contributed by atoms with Crippen molar-refractivity contribution in [1.82, 2.24) is 31.1 Å². The number of nitrogens with one attached hydrogen (secondary N) is 4. The summed E-state index contributed by atoms with van der Waals surface area (Å²) in [5.74, 6) is -0.723. The van der Waals surface area contributed by atoms with Crippen molar-refractivity contribution in [3.05, 3.63) is 142 Å². The van der Waals surface area contributed by atoms with E-state index in [0.29, 0.717) is 23.2 Å². The van der Waals surface area contributed by atoms with Gasteiger partial charge < -0.3 is 32.7 Å². The normalized spacial score (nSPS) is 23.9. The molecular weight excluding hydrogens is 801 g/mol. The third-order valence-electron chi connectivity index (χ3n) is 13.9. The van der Waals surface area contributed by atoms with E-state index in [-0.39, 0.29) is 59.9 Å². The van der Waals surface area contributed by atoms with Crippen LogP contribution in [0, 0.1) is 27.7 Å². The highest BCUT2D eigenvalue weighted by Gasteiger charge is 2.41. The maximum atomic E-state index is 12.2. The van der Waals surface area contributed by atoms with Crippen molar-refractivity contribution in [3.8, 4) is 0 Å². The molecule has 2 aliphatic heterocycles. The average Bonchev–Trinajstić information content (AvgIpc) is 3.25. The first-order valence-corrected chi connectivity index (χ1v) is 23.1. The van der Waals surface area contributed by atoms with Crippen LogP contribution < -0.4 is 32.7 Å². The van der Waals surface area contributed by atoms with Crippen LogP contribution in [0.25, 0.3) is 0 Å². The van der Waals surface area contributed by atoms with Crippen LogP contribution >= 0.6 is 0 Å². The van der Waals surface area contributed by atoms with Gasteiger partial charge in [-0.25, -0.2) is 0 Å². The number of likely N-dealkylation sites (tertiary alicyclic amines) is 2. The lowest BCUT2D eigenvalue weighted by atomic mass is 9.74. The number of hydrogen-bond acceptors (Lipinski definition) is 8. The number of aryl methyl sites for hydroxylation is 4. The van der Waals surface area contributed by atoms with E-state index in [9.17, 15) is 19.2 Å². The molecule has 340 valence electrons. The monoisotopic (exact) mass is 869 g/mol. The number of nitrogens with zero attached hydrogens (tertiary/aromatic N) is 2. The van der Waals surface area contributed by atoms with Crippen molar-refractivity contribution >= 4 is 23.6 Å². The van der Waals surface area contributed by atoms with Gasteiger partial charge in [-0.2, -0.15) is 0 Å². The molecule has 8 N–H and O–H groups in total. The van der Waals surface area contributed by atoms with E-state index in [0.717, 1.165) is 88.7 Å². The second-order valence-corrected chi connectivity index (χ2v) is 19.1. The zero-order valence-electron chi connectivity index (χ0n) is 38.1. The summed E-state index contributed by atoms with van der Waals surface area (Å²) < 4.78 is 0. The van der Waals surface area contributed by atoms with E-state index in [1.807, 2.05) is 50.2 Å². The van der Waals surface area contributed by atoms with Crippen molar-refractivity contribution in [2.45, 2.75) is 114 Å². The molecular formula is C52H68N8O4. The summed E-state index contributed by atoms with van der Waals surface area (Å²) in [6.07, 6.45) is 8.27. The van der Waals surface area contributed by atoms with Gasteiger partial charge in [0.1, 0.15) is 0 Å². The van der Waals surface area contributed by atoms with E-state index in [4.69, 9.17) is 11.5 Å². The lowest BCUT2D eigenvalue weighted by molar-refractivity contribution is -0.123. The number of carbonyl (C=O) groups excluding carboxylic acids is 4. The molecule has 12 heteroatoms. The van der Waals surface area contributed by atoms with Gasteiger partial charge in [-0.05, 0) is 114 Å². The SMILES string of the molecule is Cc1ccc(C2(N)CCC(N3CC(NC(=O)CNC(=O)c4cccc(C)c4)C3)CC2)cc1.Cc1cccc(C(=O)NCC(=O)NC2CN(C3CCC(N)(c4cccc(C)c4)CC3)C2)c1. The minimum atomic E-state index is -0.226. The predicted octanol–water partition coefficient (Wildman–Crippen LogP) is 5.26. The van der Waals surface area contributed by atoms with E-state index in [1.165, 1.54) is 22.3 Å². The van der Waals surface area contributed by atoms with Gasteiger partial charge in [0.15, 0.2) is 0 Å². The lowest BCUT2D eigenvalue weighted by Crippen LogP contribution is -2.63. The first kappa shape index (κ1) is 46.6. The molecule has 4 fully saturated rings. The molecule has 12 nitrogen and oxygen atoms in total. The second-order valence-electron chi connectivity index (χ2n) is 19.1. The fraction of sp³-hybridized carbons (Fsp3) is 0.462. The maximum Gasteiger partial charge on any atom is 0.251 e. The second kappa shape index (κ2) is 20.6. The Morgan fingerprint density at radius 3 is 1.31 bits per heavy atom. The van der Waals surface area contributed by atoms with Crippen LogP contribution in [-0.2, 0) is 20.7 Å². The Hall–Kier alpha value is -5.40. The van der Waals surface area contributed by atoms with Gasteiger partial charge in [0.2, 0.25) is 11.8 Å². The molecule has 0 atom stereocenters. The summed E-state index contributed by atoms with van der Waals surface area (Å²) in [5, 5.41) is 11.5. The van der Waals surface area contributed by atoms with E-state index >= 15 is 0 Å². The van der Waals surface area contributed by atoms with Crippen LogP contribution in [0.5, 0.6) is 0 Å². The first-order chi connectivity index (χ1) is 30.6. The van der Waals surface area contributed by atoms with Crippen molar-refractivity contribution in [1.29, 1.82) is 0 Å². The number of hydrogen-bond donors (Lipinski definition) is 6. The molecule has 4 aromatic carbocycles. The van der Waals surface area contributed by atoms with Gasteiger partial charge in [0, 0.05) is 60.5 Å². The number of nitrogens with two attached hydrogens (primary N) is 2. The predicted molar refractivity (Wildman–Crippen MR) is 253 cm³/mol. The average molecular weight is 869 g/mol. The standard InChI is InChI=1S/2C26H34N4O2/c1-18-5-3-7-20(13-18)25(32)28-15-24(31)29-22-16-30(17-22)23-9-11-26(27,12-10-23)21-8-4-6-19(2)14-21;1-18-6-8-21(9-7-18)26(27)12-10-23(11-13-26)30-16-22(17-30)29-24(31)15-28-25(32)20-5-3-4-19(2)14-20/h3-8,13-14,22-23H,9-12,15-17,27H2,1-2H3,(H,28,32)(H,29,31);3-9,14,22-23H,10-13,15-17,27H2,1-2H3,(H,28,32)(H,29,31). The molecule has 0 unspecified atom stereocenters. The van der Waals surface area contributed by atoms with E-state index in [1.54, 1.807) is 12.1 Å². The van der Waals surface area contributed by atoms with Crippen LogP contribution in [0.2, 0.25) is 0 Å². The summed E-state index contributed by atoms with van der Waals surface area (Å²) >= 11 is 0. The Labute approximate surface area is 379 Å². The Morgan fingerprint density at radius 1 is 0.516 bits per heavy atom. The molecule has 2 aliphatic carbocycles. The Balaban J connectivity index is 0.000000191. The Kier molecular flexibility index (Phi) is 15.0.